The first-order chi connectivity index (χ1) is 18.1. The molecule has 0 aromatic heterocycles. The summed E-state index contributed by atoms with van der Waals surface area (Å²) in [5, 5.41) is 12.6. The molecule has 0 aliphatic carbocycles. The predicted octanol–water partition coefficient (Wildman–Crippen LogP) is 0.181. The molecule has 0 bridgehead atoms. The van der Waals surface area contributed by atoms with Crippen LogP contribution in [0.1, 0.15) is 11.7 Å². The number of aliphatic hydroxyl groups excluding tert-OH is 1. The molecule has 0 heterocycles. The van der Waals surface area contributed by atoms with Gasteiger partial charge in [0.05, 0.1) is 99.1 Å². The normalized spacial score (nSPS) is 12.1. The predicted molar refractivity (Wildman–Crippen MR) is 136 cm³/mol. The fourth-order valence-corrected chi connectivity index (χ4v) is 2.74. The third-order valence-electron chi connectivity index (χ3n) is 4.71. The van der Waals surface area contributed by atoms with Crippen molar-refractivity contribution in [3.05, 3.63) is 29.8 Å². The molecular formula is C25H44N2O10. The minimum Gasteiger partial charge on any atom is -0.399 e. The largest absolute Gasteiger partial charge is 0.399 e. The van der Waals surface area contributed by atoms with Gasteiger partial charge in [-0.1, -0.05) is 12.1 Å². The molecule has 12 nitrogen and oxygen atoms in total. The molecule has 4 N–H and O–H groups in total. The van der Waals surface area contributed by atoms with E-state index in [0.717, 1.165) is 0 Å². The molecule has 0 saturated carbocycles. The molecule has 0 spiro atoms. The van der Waals surface area contributed by atoms with Crippen LogP contribution in [0.2, 0.25) is 0 Å². The second kappa shape index (κ2) is 24.5. The summed E-state index contributed by atoms with van der Waals surface area (Å²) in [6, 6.07) is 6.50. The van der Waals surface area contributed by atoms with Gasteiger partial charge in [0.15, 0.2) is 6.10 Å². The summed E-state index contributed by atoms with van der Waals surface area (Å²) < 4.78 is 42.6. The minimum atomic E-state index is -1.24. The molecule has 214 valence electrons. The van der Waals surface area contributed by atoms with Crippen molar-refractivity contribution in [3.63, 3.8) is 0 Å². The number of rotatable bonds is 26. The maximum absolute atomic E-state index is 11.9. The van der Waals surface area contributed by atoms with Gasteiger partial charge in [-0.3, -0.25) is 4.79 Å². The van der Waals surface area contributed by atoms with Crippen LogP contribution in [0.5, 0.6) is 0 Å². The van der Waals surface area contributed by atoms with Crippen molar-refractivity contribution < 1.29 is 47.8 Å². The Morgan fingerprint density at radius 2 is 1.03 bits per heavy atom. The zero-order valence-electron chi connectivity index (χ0n) is 21.9. The molecule has 1 aromatic rings. The molecule has 1 aromatic carbocycles. The van der Waals surface area contributed by atoms with Gasteiger partial charge in [0.2, 0.25) is 0 Å². The number of methoxy groups -OCH3 is 1. The molecular weight excluding hydrogens is 488 g/mol. The number of benzene rings is 1. The maximum atomic E-state index is 11.9. The molecule has 0 aliphatic rings. The van der Waals surface area contributed by atoms with Crippen molar-refractivity contribution in [3.8, 4) is 0 Å². The van der Waals surface area contributed by atoms with Gasteiger partial charge < -0.3 is 54.1 Å². The Hall–Kier alpha value is -1.87. The molecule has 1 atom stereocenters. The Kier molecular flexibility index (Phi) is 21.9. The van der Waals surface area contributed by atoms with Crippen molar-refractivity contribution in [1.29, 1.82) is 0 Å². The number of nitrogens with one attached hydrogen (secondary N) is 1. The van der Waals surface area contributed by atoms with Crippen LogP contribution in [0, 0.1) is 0 Å². The summed E-state index contributed by atoms with van der Waals surface area (Å²) in [7, 11) is 1.64. The fraction of sp³-hybridized carbons (Fsp3) is 0.720. The van der Waals surface area contributed by atoms with Gasteiger partial charge in [-0.15, -0.1) is 0 Å². The Labute approximate surface area is 219 Å². The Balaban J connectivity index is 1.74. The minimum absolute atomic E-state index is 0.290. The lowest BCUT2D eigenvalue weighted by Gasteiger charge is -2.12. The van der Waals surface area contributed by atoms with Crippen LogP contribution in [-0.2, 0) is 42.7 Å². The molecule has 0 fully saturated rings. The number of carbonyl (C=O) groups excluding carboxylic acids is 1. The second-order valence-electron chi connectivity index (χ2n) is 7.64. The molecule has 1 amide bonds. The molecule has 12 heteroatoms. The van der Waals surface area contributed by atoms with Gasteiger partial charge >= 0.3 is 0 Å². The van der Waals surface area contributed by atoms with Crippen LogP contribution in [0.3, 0.4) is 0 Å². The number of carbonyl (C=O) groups is 1. The smallest absolute Gasteiger partial charge is 0.253 e. The second-order valence-corrected chi connectivity index (χ2v) is 7.64. The van der Waals surface area contributed by atoms with Crippen LogP contribution in [0.4, 0.5) is 5.69 Å². The third-order valence-corrected chi connectivity index (χ3v) is 4.71. The topological polar surface area (TPSA) is 149 Å². The lowest BCUT2D eigenvalue weighted by molar-refractivity contribution is -0.129. The monoisotopic (exact) mass is 532 g/mol. The lowest BCUT2D eigenvalue weighted by atomic mass is 10.1. The highest BCUT2D eigenvalue weighted by Gasteiger charge is 2.16. The van der Waals surface area contributed by atoms with Gasteiger partial charge in [-0.25, -0.2) is 0 Å². The van der Waals surface area contributed by atoms with Crippen molar-refractivity contribution >= 4 is 11.6 Å². The molecule has 1 unspecified atom stereocenters. The van der Waals surface area contributed by atoms with Crippen LogP contribution < -0.4 is 11.1 Å². The SMILES string of the molecule is COCCOCCOCCOCCOCCOCCOCCOCCNC(=O)C(O)c1ccc(N)cc1. The van der Waals surface area contributed by atoms with Gasteiger partial charge in [0.25, 0.3) is 5.91 Å². The van der Waals surface area contributed by atoms with E-state index in [0.29, 0.717) is 110 Å². The van der Waals surface area contributed by atoms with E-state index in [1.807, 2.05) is 0 Å². The number of nitrogens with two attached hydrogens (primary N) is 1. The number of nitrogen functional groups attached to an aromatic ring is 1. The lowest BCUT2D eigenvalue weighted by Crippen LogP contribution is -2.32. The van der Waals surface area contributed by atoms with Gasteiger partial charge in [-0.2, -0.15) is 0 Å². The van der Waals surface area contributed by atoms with E-state index in [4.69, 9.17) is 43.6 Å². The Morgan fingerprint density at radius 1 is 0.676 bits per heavy atom. The highest BCUT2D eigenvalue weighted by Crippen LogP contribution is 2.14. The van der Waals surface area contributed by atoms with E-state index >= 15 is 0 Å². The summed E-state index contributed by atoms with van der Waals surface area (Å²) in [5.74, 6) is -0.487. The third kappa shape index (κ3) is 19.9. The first-order valence-electron chi connectivity index (χ1n) is 12.5. The summed E-state index contributed by atoms with van der Waals surface area (Å²) in [6.07, 6.45) is -1.24. The van der Waals surface area contributed by atoms with Crippen molar-refractivity contribution in [2.75, 3.05) is 118 Å². The van der Waals surface area contributed by atoms with E-state index in [-0.39, 0.29) is 6.54 Å². The number of amides is 1. The summed E-state index contributed by atoms with van der Waals surface area (Å²) in [5.41, 5.74) is 6.65. The molecule has 0 radical (unpaired) electrons. The van der Waals surface area contributed by atoms with Crippen molar-refractivity contribution in [2.24, 2.45) is 0 Å². The quantitative estimate of drug-likeness (QED) is 0.111. The highest BCUT2D eigenvalue weighted by molar-refractivity contribution is 5.81. The zero-order chi connectivity index (χ0) is 26.8. The number of anilines is 1. The van der Waals surface area contributed by atoms with Crippen LogP contribution >= 0.6 is 0 Å². The summed E-state index contributed by atoms with van der Waals surface area (Å²) >= 11 is 0. The maximum Gasteiger partial charge on any atom is 0.253 e. The number of hydrogen-bond donors (Lipinski definition) is 3. The van der Waals surface area contributed by atoms with Crippen LogP contribution in [0.25, 0.3) is 0 Å². The van der Waals surface area contributed by atoms with Crippen molar-refractivity contribution in [1.82, 2.24) is 5.32 Å². The average molecular weight is 533 g/mol. The Morgan fingerprint density at radius 3 is 1.41 bits per heavy atom. The van der Waals surface area contributed by atoms with E-state index in [1.165, 1.54) is 0 Å². The van der Waals surface area contributed by atoms with E-state index in [2.05, 4.69) is 5.32 Å². The van der Waals surface area contributed by atoms with Gasteiger partial charge in [0, 0.05) is 19.3 Å². The number of ether oxygens (including phenoxy) is 8. The number of hydrogen-bond acceptors (Lipinski definition) is 11. The van der Waals surface area contributed by atoms with E-state index in [9.17, 15) is 9.90 Å². The van der Waals surface area contributed by atoms with E-state index in [1.54, 1.807) is 31.4 Å². The van der Waals surface area contributed by atoms with Gasteiger partial charge in [0.1, 0.15) is 0 Å². The zero-order valence-corrected chi connectivity index (χ0v) is 21.9. The van der Waals surface area contributed by atoms with Crippen LogP contribution in [0.15, 0.2) is 24.3 Å². The van der Waals surface area contributed by atoms with E-state index < -0.39 is 12.0 Å². The molecule has 0 aliphatic heterocycles. The summed E-state index contributed by atoms with van der Waals surface area (Å²) in [6.45, 7) is 7.59. The van der Waals surface area contributed by atoms with Gasteiger partial charge in [-0.05, 0) is 17.7 Å². The fourth-order valence-electron chi connectivity index (χ4n) is 2.74. The average Bonchev–Trinajstić information content (AvgIpc) is 2.91. The Bertz CT molecular complexity index is 651. The first-order valence-corrected chi connectivity index (χ1v) is 12.5. The van der Waals surface area contributed by atoms with Crippen molar-refractivity contribution in [2.45, 2.75) is 6.10 Å². The molecule has 1 rings (SSSR count). The number of aliphatic hydroxyl groups is 1. The summed E-state index contributed by atoms with van der Waals surface area (Å²) in [4.78, 5) is 11.9. The van der Waals surface area contributed by atoms with Crippen LogP contribution in [-0.4, -0.2) is 124 Å². The first kappa shape index (κ1) is 33.2. The molecule has 0 saturated heterocycles. The molecule has 37 heavy (non-hydrogen) atoms. The highest BCUT2D eigenvalue weighted by atomic mass is 16.6. The standard InChI is InChI=1S/C25H44N2O10/c1-30-8-9-32-12-13-34-16-17-36-20-21-37-19-18-35-15-14-33-11-10-31-7-6-27-25(29)24(28)22-2-4-23(26)5-3-22/h2-5,24,28H,6-21,26H2,1H3,(H,27,29).